The van der Waals surface area contributed by atoms with Gasteiger partial charge in [0.15, 0.2) is 0 Å². The van der Waals surface area contributed by atoms with E-state index in [0.29, 0.717) is 41.1 Å². The van der Waals surface area contributed by atoms with E-state index in [1.165, 1.54) is 7.11 Å². The van der Waals surface area contributed by atoms with Crippen LogP contribution in [0, 0.1) is 19.3 Å². The van der Waals surface area contributed by atoms with E-state index in [0.717, 1.165) is 11.3 Å². The molecule has 0 aliphatic heterocycles. The Morgan fingerprint density at radius 2 is 2.11 bits per heavy atom. The third kappa shape index (κ3) is 3.81. The van der Waals surface area contributed by atoms with Crippen LogP contribution < -0.4 is 16.2 Å². The zero-order chi connectivity index (χ0) is 20.3. The van der Waals surface area contributed by atoms with E-state index in [2.05, 4.69) is 15.9 Å². The Morgan fingerprint density at radius 1 is 1.32 bits per heavy atom. The maximum Gasteiger partial charge on any atom is 0.339 e. The minimum absolute atomic E-state index is 0.181. The first kappa shape index (κ1) is 19.0. The van der Waals surface area contributed by atoms with Crippen molar-refractivity contribution in [2.45, 2.75) is 13.5 Å². The van der Waals surface area contributed by atoms with E-state index in [9.17, 15) is 9.59 Å². The first-order valence-corrected chi connectivity index (χ1v) is 8.58. The highest BCUT2D eigenvalue weighted by Crippen LogP contribution is 2.24. The molecule has 3 rings (SSSR count). The first-order chi connectivity index (χ1) is 13.4. The number of nitrogens with one attached hydrogen (secondary N) is 1. The highest BCUT2D eigenvalue weighted by Gasteiger charge is 2.14. The quantitative estimate of drug-likeness (QED) is 0.402. The number of terminal acetylenes is 1. The van der Waals surface area contributed by atoms with Gasteiger partial charge in [-0.1, -0.05) is 12.0 Å². The van der Waals surface area contributed by atoms with Gasteiger partial charge in [-0.2, -0.15) is 0 Å². The summed E-state index contributed by atoms with van der Waals surface area (Å²) in [4.78, 5) is 32.9. The number of aromatic nitrogens is 2. The number of anilines is 2. The second-order valence-electron chi connectivity index (χ2n) is 6.33. The van der Waals surface area contributed by atoms with Gasteiger partial charge in [0.2, 0.25) is 0 Å². The van der Waals surface area contributed by atoms with E-state index in [1.54, 1.807) is 31.2 Å². The van der Waals surface area contributed by atoms with Crippen molar-refractivity contribution < 1.29 is 9.53 Å². The van der Waals surface area contributed by atoms with Gasteiger partial charge in [0.05, 0.1) is 30.1 Å². The van der Waals surface area contributed by atoms with Crippen LogP contribution in [-0.2, 0) is 11.3 Å². The van der Waals surface area contributed by atoms with Crippen LogP contribution in [0.4, 0.5) is 11.4 Å². The summed E-state index contributed by atoms with van der Waals surface area (Å²) in [5, 5.41) is 0.518. The van der Waals surface area contributed by atoms with Crippen LogP contribution in [0.25, 0.3) is 10.9 Å². The van der Waals surface area contributed by atoms with Crippen molar-refractivity contribution in [3.8, 4) is 12.3 Å². The molecule has 0 unspecified atom stereocenters. The van der Waals surface area contributed by atoms with E-state index in [4.69, 9.17) is 16.9 Å². The third-order valence-corrected chi connectivity index (χ3v) is 4.35. The van der Waals surface area contributed by atoms with Gasteiger partial charge in [-0.3, -0.25) is 4.79 Å². The summed E-state index contributed by atoms with van der Waals surface area (Å²) in [5.74, 6) is 2.70. The number of methoxy groups -OCH3 is 1. The summed E-state index contributed by atoms with van der Waals surface area (Å²) in [6, 6.07) is 10.6. The average Bonchev–Trinajstić information content (AvgIpc) is 2.67. The molecule has 0 saturated heterocycles. The standard InChI is InChI=1S/C21H20N4O3/c1-4-9-25(15-6-7-16(18(22)11-15)21(27)28-3)12-14-5-8-19-17(10-14)20(26)24-13(2)23-19/h1,5-8,10-11H,9,12,22H2,2-3H3,(H,23,24,26). The van der Waals surface area contributed by atoms with Crippen molar-refractivity contribution in [2.24, 2.45) is 0 Å². The molecule has 1 heterocycles. The number of rotatable bonds is 5. The molecule has 142 valence electrons. The van der Waals surface area contributed by atoms with Crippen LogP contribution in [0.2, 0.25) is 0 Å². The Labute approximate surface area is 162 Å². The lowest BCUT2D eigenvalue weighted by Gasteiger charge is -2.23. The molecular weight excluding hydrogens is 356 g/mol. The molecule has 0 amide bonds. The number of H-pyrrole nitrogens is 1. The Bertz CT molecular complexity index is 1140. The molecule has 0 radical (unpaired) electrons. The van der Waals surface area contributed by atoms with Crippen LogP contribution >= 0.6 is 0 Å². The molecule has 2 aromatic carbocycles. The van der Waals surface area contributed by atoms with E-state index in [-0.39, 0.29) is 5.56 Å². The Balaban J connectivity index is 1.95. The fourth-order valence-corrected chi connectivity index (χ4v) is 3.01. The van der Waals surface area contributed by atoms with Crippen LogP contribution in [0.15, 0.2) is 41.2 Å². The number of hydrogen-bond acceptors (Lipinski definition) is 6. The first-order valence-electron chi connectivity index (χ1n) is 8.58. The Morgan fingerprint density at radius 3 is 2.79 bits per heavy atom. The summed E-state index contributed by atoms with van der Waals surface area (Å²) >= 11 is 0. The largest absolute Gasteiger partial charge is 0.465 e. The molecule has 3 aromatic rings. The van der Waals surface area contributed by atoms with Gasteiger partial charge in [-0.15, -0.1) is 6.42 Å². The second-order valence-corrected chi connectivity index (χ2v) is 6.33. The van der Waals surface area contributed by atoms with Crippen LogP contribution in [0.5, 0.6) is 0 Å². The van der Waals surface area contributed by atoms with Crippen LogP contribution in [-0.4, -0.2) is 29.6 Å². The lowest BCUT2D eigenvalue weighted by molar-refractivity contribution is 0.0602. The van der Waals surface area contributed by atoms with Crippen molar-refractivity contribution in [1.82, 2.24) is 9.97 Å². The molecule has 28 heavy (non-hydrogen) atoms. The molecule has 0 aliphatic rings. The number of fused-ring (bicyclic) bond motifs is 1. The summed E-state index contributed by atoms with van der Waals surface area (Å²) in [7, 11) is 1.30. The van der Waals surface area contributed by atoms with Gasteiger partial charge < -0.3 is 20.4 Å². The van der Waals surface area contributed by atoms with E-state index >= 15 is 0 Å². The number of benzene rings is 2. The van der Waals surface area contributed by atoms with Gasteiger partial charge in [-0.05, 0) is 42.8 Å². The molecule has 1 aromatic heterocycles. The second kappa shape index (κ2) is 7.84. The molecule has 0 spiro atoms. The molecule has 7 nitrogen and oxygen atoms in total. The number of aryl methyl sites for hydroxylation is 1. The number of esters is 1. The summed E-state index contributed by atoms with van der Waals surface area (Å²) in [5.41, 5.74) is 8.72. The van der Waals surface area contributed by atoms with Gasteiger partial charge in [-0.25, -0.2) is 9.78 Å². The van der Waals surface area contributed by atoms with Gasteiger partial charge in [0, 0.05) is 17.9 Å². The van der Waals surface area contributed by atoms with Gasteiger partial charge in [0.25, 0.3) is 5.56 Å². The van der Waals surface area contributed by atoms with E-state index < -0.39 is 5.97 Å². The minimum Gasteiger partial charge on any atom is -0.465 e. The molecule has 0 aliphatic carbocycles. The topological polar surface area (TPSA) is 101 Å². The highest BCUT2D eigenvalue weighted by molar-refractivity contribution is 5.95. The number of carbonyl (C=O) groups excluding carboxylic acids is 1. The minimum atomic E-state index is -0.496. The molecule has 3 N–H and O–H groups in total. The fourth-order valence-electron chi connectivity index (χ4n) is 3.01. The summed E-state index contributed by atoms with van der Waals surface area (Å²) in [6.07, 6.45) is 5.53. The lowest BCUT2D eigenvalue weighted by atomic mass is 10.1. The van der Waals surface area contributed by atoms with Crippen molar-refractivity contribution in [3.63, 3.8) is 0 Å². The molecule has 0 bridgehead atoms. The number of nitrogens with zero attached hydrogens (tertiary/aromatic N) is 2. The van der Waals surface area contributed by atoms with Crippen molar-refractivity contribution in [2.75, 3.05) is 24.3 Å². The number of nitrogen functional groups attached to an aromatic ring is 1. The number of hydrogen-bond donors (Lipinski definition) is 2. The summed E-state index contributed by atoms with van der Waals surface area (Å²) < 4.78 is 4.72. The zero-order valence-corrected chi connectivity index (χ0v) is 15.7. The predicted octanol–water partition coefficient (Wildman–Crippen LogP) is 2.24. The molecule has 0 atom stereocenters. The number of ether oxygens (including phenoxy) is 1. The average molecular weight is 376 g/mol. The number of aromatic amines is 1. The number of nitrogens with two attached hydrogens (primary N) is 1. The smallest absolute Gasteiger partial charge is 0.339 e. The highest BCUT2D eigenvalue weighted by atomic mass is 16.5. The third-order valence-electron chi connectivity index (χ3n) is 4.35. The summed E-state index contributed by atoms with van der Waals surface area (Å²) in [6.45, 7) is 2.54. The van der Waals surface area contributed by atoms with Crippen molar-refractivity contribution >= 4 is 28.2 Å². The van der Waals surface area contributed by atoms with Crippen LogP contribution in [0.1, 0.15) is 21.7 Å². The van der Waals surface area contributed by atoms with Crippen molar-refractivity contribution in [1.29, 1.82) is 0 Å². The SMILES string of the molecule is C#CCN(Cc1ccc2nc(C)[nH]c(=O)c2c1)c1ccc(C(=O)OC)c(N)c1. The van der Waals surface area contributed by atoms with Crippen molar-refractivity contribution in [3.05, 3.63) is 63.7 Å². The number of carbonyl (C=O) groups is 1. The molecular formula is C21H20N4O3. The maximum atomic E-state index is 12.2. The normalized spacial score (nSPS) is 10.5. The Hall–Kier alpha value is -3.79. The van der Waals surface area contributed by atoms with Gasteiger partial charge >= 0.3 is 5.97 Å². The van der Waals surface area contributed by atoms with Gasteiger partial charge in [0.1, 0.15) is 5.82 Å². The fraction of sp³-hybridized carbons (Fsp3) is 0.190. The lowest BCUT2D eigenvalue weighted by Crippen LogP contribution is -2.23. The molecule has 0 saturated carbocycles. The Kier molecular flexibility index (Phi) is 5.32. The maximum absolute atomic E-state index is 12.2. The zero-order valence-electron chi connectivity index (χ0n) is 15.7. The predicted molar refractivity (Wildman–Crippen MR) is 109 cm³/mol. The molecule has 0 fully saturated rings. The van der Waals surface area contributed by atoms with E-state index in [1.807, 2.05) is 17.0 Å². The monoisotopic (exact) mass is 376 g/mol. The molecule has 7 heteroatoms. The van der Waals surface area contributed by atoms with Crippen LogP contribution in [0.3, 0.4) is 0 Å².